The molecule has 0 bridgehead atoms. The summed E-state index contributed by atoms with van der Waals surface area (Å²) in [4.78, 5) is 30.5. The molecule has 0 saturated carbocycles. The van der Waals surface area contributed by atoms with E-state index < -0.39 is 34.3 Å². The number of nitrogens with one attached hydrogen (secondary N) is 2. The molecule has 9 heteroatoms. The van der Waals surface area contributed by atoms with E-state index in [0.717, 1.165) is 30.3 Å². The third kappa shape index (κ3) is 4.85. The molecule has 2 aromatic rings. The molecule has 1 atom stereocenters. The van der Waals surface area contributed by atoms with Crippen molar-refractivity contribution in [3.63, 3.8) is 0 Å². The van der Waals surface area contributed by atoms with Gasteiger partial charge in [0.25, 0.3) is 5.56 Å². The normalized spacial score (nSPS) is 12.0. The highest BCUT2D eigenvalue weighted by Gasteiger charge is 2.20. The number of halogens is 3. The largest absolute Gasteiger partial charge is 0.323 e. The van der Waals surface area contributed by atoms with E-state index in [1.54, 1.807) is 0 Å². The van der Waals surface area contributed by atoms with Gasteiger partial charge in [-0.1, -0.05) is 25.1 Å². The molecule has 0 radical (unpaired) electrons. The Morgan fingerprint density at radius 2 is 2.04 bits per heavy atom. The number of aromatic nitrogens is 2. The molecule has 1 aromatic heterocycles. The van der Waals surface area contributed by atoms with Crippen LogP contribution in [0.1, 0.15) is 26.0 Å². The summed E-state index contributed by atoms with van der Waals surface area (Å²) in [5.41, 5.74) is -0.189. The van der Waals surface area contributed by atoms with Gasteiger partial charge in [-0.3, -0.25) is 9.59 Å². The number of thioether (sulfide) groups is 1. The van der Waals surface area contributed by atoms with E-state index in [0.29, 0.717) is 12.1 Å². The summed E-state index contributed by atoms with van der Waals surface area (Å²) in [7, 11) is 0. The molecule has 5 nitrogen and oxygen atoms in total. The SMILES string of the molecule is CCCc1cc(=O)[nH]c(SC(C)C(=O)Nc2ccc(F)c(F)c2F)n1. The Bertz CT molecular complexity index is 842. The lowest BCUT2D eigenvalue weighted by Crippen LogP contribution is -2.24. The fourth-order valence-corrected chi connectivity index (χ4v) is 2.83. The first-order valence-corrected chi connectivity index (χ1v) is 8.41. The number of rotatable bonds is 6. The number of hydrogen-bond donors (Lipinski definition) is 2. The maximum atomic E-state index is 13.6. The summed E-state index contributed by atoms with van der Waals surface area (Å²) in [5, 5.41) is 1.69. The predicted octanol–water partition coefficient (Wildman–Crippen LogP) is 3.26. The molecule has 0 aliphatic carbocycles. The van der Waals surface area contributed by atoms with E-state index in [-0.39, 0.29) is 10.7 Å². The van der Waals surface area contributed by atoms with E-state index in [2.05, 4.69) is 15.3 Å². The topological polar surface area (TPSA) is 74.8 Å². The molecule has 0 aliphatic heterocycles. The molecule has 1 heterocycles. The zero-order chi connectivity index (χ0) is 18.6. The Balaban J connectivity index is 2.11. The van der Waals surface area contributed by atoms with Crippen molar-refractivity contribution in [1.29, 1.82) is 0 Å². The first-order valence-electron chi connectivity index (χ1n) is 7.53. The second-order valence-electron chi connectivity index (χ2n) is 5.26. The van der Waals surface area contributed by atoms with Crippen molar-refractivity contribution in [2.45, 2.75) is 37.1 Å². The molecule has 25 heavy (non-hydrogen) atoms. The van der Waals surface area contributed by atoms with Gasteiger partial charge in [0, 0.05) is 11.8 Å². The Kier molecular flexibility index (Phi) is 6.24. The number of hydrogen-bond acceptors (Lipinski definition) is 4. The zero-order valence-electron chi connectivity index (χ0n) is 13.5. The molecule has 2 rings (SSSR count). The molecule has 0 saturated heterocycles. The average Bonchev–Trinajstić information content (AvgIpc) is 2.55. The van der Waals surface area contributed by atoms with E-state index in [9.17, 15) is 22.8 Å². The van der Waals surface area contributed by atoms with Crippen LogP contribution in [0.25, 0.3) is 0 Å². The van der Waals surface area contributed by atoms with Gasteiger partial charge in [0.05, 0.1) is 10.9 Å². The molecular formula is C16H16F3N3O2S. The number of anilines is 1. The van der Waals surface area contributed by atoms with Crippen molar-refractivity contribution in [3.05, 3.63) is 51.7 Å². The molecule has 134 valence electrons. The van der Waals surface area contributed by atoms with Crippen LogP contribution in [-0.4, -0.2) is 21.1 Å². The third-order valence-corrected chi connectivity index (χ3v) is 4.21. The van der Waals surface area contributed by atoms with Gasteiger partial charge in [-0.15, -0.1) is 0 Å². The molecule has 0 fully saturated rings. The van der Waals surface area contributed by atoms with Crippen LogP contribution in [-0.2, 0) is 11.2 Å². The highest BCUT2D eigenvalue weighted by molar-refractivity contribution is 8.00. The fraction of sp³-hybridized carbons (Fsp3) is 0.312. The summed E-state index contributed by atoms with van der Waals surface area (Å²) in [6, 6.07) is 3.04. The second-order valence-corrected chi connectivity index (χ2v) is 6.59. The van der Waals surface area contributed by atoms with Gasteiger partial charge in [0.15, 0.2) is 22.6 Å². The number of benzene rings is 1. The molecule has 1 aromatic carbocycles. The molecular weight excluding hydrogens is 355 g/mol. The van der Waals surface area contributed by atoms with Crippen LogP contribution in [0.2, 0.25) is 0 Å². The lowest BCUT2D eigenvalue weighted by molar-refractivity contribution is -0.115. The Morgan fingerprint density at radius 3 is 2.72 bits per heavy atom. The molecule has 1 unspecified atom stereocenters. The second kappa shape index (κ2) is 8.19. The van der Waals surface area contributed by atoms with Crippen molar-refractivity contribution in [2.75, 3.05) is 5.32 Å². The molecule has 2 N–H and O–H groups in total. The van der Waals surface area contributed by atoms with Crippen molar-refractivity contribution in [3.8, 4) is 0 Å². The van der Waals surface area contributed by atoms with Gasteiger partial charge in [0.1, 0.15) is 0 Å². The van der Waals surface area contributed by atoms with Crippen LogP contribution in [0, 0.1) is 17.5 Å². The molecule has 0 aliphatic rings. The highest BCUT2D eigenvalue weighted by atomic mass is 32.2. The predicted molar refractivity (Wildman–Crippen MR) is 89.1 cm³/mol. The fourth-order valence-electron chi connectivity index (χ4n) is 2.00. The lowest BCUT2D eigenvalue weighted by Gasteiger charge is -2.12. The van der Waals surface area contributed by atoms with E-state index >= 15 is 0 Å². The van der Waals surface area contributed by atoms with Crippen molar-refractivity contribution in [1.82, 2.24) is 9.97 Å². The lowest BCUT2D eigenvalue weighted by atomic mass is 10.2. The molecule has 1 amide bonds. The first kappa shape index (κ1) is 19.0. The van der Waals surface area contributed by atoms with E-state index in [1.165, 1.54) is 13.0 Å². The van der Waals surface area contributed by atoms with Gasteiger partial charge in [-0.2, -0.15) is 0 Å². The van der Waals surface area contributed by atoms with Gasteiger partial charge in [0.2, 0.25) is 5.91 Å². The number of aryl methyl sites for hydroxylation is 1. The number of H-pyrrole nitrogens is 1. The van der Waals surface area contributed by atoms with E-state index in [4.69, 9.17) is 0 Å². The highest BCUT2D eigenvalue weighted by Crippen LogP contribution is 2.23. The Hall–Kier alpha value is -2.29. The summed E-state index contributed by atoms with van der Waals surface area (Å²) >= 11 is 0.969. The minimum atomic E-state index is -1.66. The van der Waals surface area contributed by atoms with Crippen molar-refractivity contribution < 1.29 is 18.0 Å². The monoisotopic (exact) mass is 371 g/mol. The van der Waals surface area contributed by atoms with Crippen LogP contribution in [0.4, 0.5) is 18.9 Å². The maximum Gasteiger partial charge on any atom is 0.251 e. The Morgan fingerprint density at radius 1 is 1.32 bits per heavy atom. The number of amides is 1. The number of nitrogens with zero attached hydrogens (tertiary/aromatic N) is 1. The quantitative estimate of drug-likeness (QED) is 0.464. The smallest absolute Gasteiger partial charge is 0.251 e. The summed E-state index contributed by atoms with van der Waals surface area (Å²) < 4.78 is 39.7. The van der Waals surface area contributed by atoms with Crippen molar-refractivity contribution >= 4 is 23.4 Å². The standard InChI is InChI=1S/C16H16F3N3O2S/c1-3-4-9-7-12(23)22-16(20-9)25-8(2)15(24)21-11-6-5-10(17)13(18)14(11)19/h5-8H,3-4H2,1-2H3,(H,21,24)(H,20,22,23). The first-order chi connectivity index (χ1) is 11.8. The summed E-state index contributed by atoms with van der Waals surface area (Å²) in [6.45, 7) is 3.46. The number of carbonyl (C=O) groups is 1. The van der Waals surface area contributed by atoms with Crippen LogP contribution >= 0.6 is 11.8 Å². The van der Waals surface area contributed by atoms with Crippen LogP contribution < -0.4 is 10.9 Å². The van der Waals surface area contributed by atoms with Gasteiger partial charge >= 0.3 is 0 Å². The van der Waals surface area contributed by atoms with Gasteiger partial charge < -0.3 is 10.3 Å². The zero-order valence-corrected chi connectivity index (χ0v) is 14.3. The third-order valence-electron chi connectivity index (χ3n) is 3.23. The van der Waals surface area contributed by atoms with Crippen LogP contribution in [0.3, 0.4) is 0 Å². The number of carbonyl (C=O) groups excluding carboxylic acids is 1. The van der Waals surface area contributed by atoms with Gasteiger partial charge in [-0.05, 0) is 25.5 Å². The minimum Gasteiger partial charge on any atom is -0.323 e. The molecule has 0 spiro atoms. The summed E-state index contributed by atoms with van der Waals surface area (Å²) in [6.07, 6.45) is 1.43. The van der Waals surface area contributed by atoms with Crippen LogP contribution in [0.5, 0.6) is 0 Å². The summed E-state index contributed by atoms with van der Waals surface area (Å²) in [5.74, 6) is -5.11. The minimum absolute atomic E-state index is 0.254. The van der Waals surface area contributed by atoms with Crippen LogP contribution in [0.15, 0.2) is 28.2 Å². The Labute approximate surface area is 146 Å². The van der Waals surface area contributed by atoms with Crippen molar-refractivity contribution in [2.24, 2.45) is 0 Å². The van der Waals surface area contributed by atoms with Gasteiger partial charge in [-0.25, -0.2) is 18.2 Å². The average molecular weight is 371 g/mol. The number of aromatic amines is 1. The maximum absolute atomic E-state index is 13.6. The van der Waals surface area contributed by atoms with E-state index in [1.807, 2.05) is 6.92 Å².